The molecule has 0 fully saturated rings. The fourth-order valence-electron chi connectivity index (χ4n) is 1.38. The van der Waals surface area contributed by atoms with Crippen LogP contribution in [0.15, 0.2) is 40.1 Å². The zero-order chi connectivity index (χ0) is 13.9. The van der Waals surface area contributed by atoms with E-state index in [1.807, 2.05) is 0 Å². The molecule has 1 heterocycles. The van der Waals surface area contributed by atoms with Crippen molar-refractivity contribution in [1.29, 1.82) is 0 Å². The maximum Gasteiger partial charge on any atom is 0.240 e. The Labute approximate surface area is 120 Å². The lowest BCUT2D eigenvalue weighted by molar-refractivity contribution is 0.580. The van der Waals surface area contributed by atoms with E-state index in [4.69, 9.17) is 18.0 Å². The molecule has 0 unspecified atom stereocenters. The van der Waals surface area contributed by atoms with Crippen molar-refractivity contribution >= 4 is 38.6 Å². The molecule has 0 spiro atoms. The zero-order valence-electron chi connectivity index (χ0n) is 9.74. The lowest BCUT2D eigenvalue weighted by Crippen LogP contribution is -2.23. The number of aromatic nitrogens is 1. The third-order valence-corrected chi connectivity index (χ3v) is 4.66. The van der Waals surface area contributed by atoms with Gasteiger partial charge < -0.3 is 5.73 Å². The number of thiazole rings is 1. The minimum Gasteiger partial charge on any atom is -0.389 e. The van der Waals surface area contributed by atoms with Crippen molar-refractivity contribution in [1.82, 2.24) is 9.71 Å². The van der Waals surface area contributed by atoms with Crippen molar-refractivity contribution < 1.29 is 8.42 Å². The smallest absolute Gasteiger partial charge is 0.240 e. The predicted octanol–water partition coefficient (Wildman–Crippen LogP) is 1.26. The van der Waals surface area contributed by atoms with E-state index in [1.165, 1.54) is 23.5 Å². The first-order valence-corrected chi connectivity index (χ1v) is 8.09. The summed E-state index contributed by atoms with van der Waals surface area (Å²) in [5.74, 6) is 0. The molecule has 0 saturated heterocycles. The second-order valence-electron chi connectivity index (χ2n) is 3.69. The minimum absolute atomic E-state index is 0.169. The highest BCUT2D eigenvalue weighted by Crippen LogP contribution is 2.11. The summed E-state index contributed by atoms with van der Waals surface area (Å²) in [5, 5.41) is 1.79. The highest BCUT2D eigenvalue weighted by Gasteiger charge is 2.14. The largest absolute Gasteiger partial charge is 0.389 e. The van der Waals surface area contributed by atoms with Crippen molar-refractivity contribution in [2.75, 3.05) is 0 Å². The highest BCUT2D eigenvalue weighted by atomic mass is 32.2. The van der Waals surface area contributed by atoms with Gasteiger partial charge in [-0.05, 0) is 12.1 Å². The predicted molar refractivity (Wildman–Crippen MR) is 78.5 cm³/mol. The van der Waals surface area contributed by atoms with Crippen LogP contribution in [0, 0.1) is 0 Å². The van der Waals surface area contributed by atoms with Crippen LogP contribution < -0.4 is 10.5 Å². The molecule has 2 rings (SSSR count). The maximum absolute atomic E-state index is 12.0. The van der Waals surface area contributed by atoms with Gasteiger partial charge in [-0.1, -0.05) is 24.4 Å². The van der Waals surface area contributed by atoms with E-state index in [0.29, 0.717) is 11.3 Å². The van der Waals surface area contributed by atoms with Crippen LogP contribution in [0.4, 0.5) is 0 Å². The van der Waals surface area contributed by atoms with Gasteiger partial charge in [-0.2, -0.15) is 0 Å². The number of rotatable bonds is 5. The Morgan fingerprint density at radius 3 is 2.58 bits per heavy atom. The Kier molecular flexibility index (Phi) is 4.25. The lowest BCUT2D eigenvalue weighted by atomic mass is 10.2. The van der Waals surface area contributed by atoms with Crippen molar-refractivity contribution in [2.45, 2.75) is 11.4 Å². The molecule has 2 aromatic rings. The number of sulfonamides is 1. The van der Waals surface area contributed by atoms with E-state index in [9.17, 15) is 8.42 Å². The summed E-state index contributed by atoms with van der Waals surface area (Å²) in [6.07, 6.45) is 0. The summed E-state index contributed by atoms with van der Waals surface area (Å²) >= 11 is 6.23. The molecule has 0 saturated carbocycles. The van der Waals surface area contributed by atoms with E-state index in [0.717, 1.165) is 0 Å². The van der Waals surface area contributed by atoms with Crippen LogP contribution in [0.25, 0.3) is 0 Å². The monoisotopic (exact) mass is 313 g/mol. The second-order valence-corrected chi connectivity index (χ2v) is 6.62. The van der Waals surface area contributed by atoms with Crippen molar-refractivity contribution in [3.63, 3.8) is 0 Å². The molecule has 1 aromatic heterocycles. The van der Waals surface area contributed by atoms with E-state index < -0.39 is 10.0 Å². The number of benzene rings is 1. The standard InChI is InChI=1S/C11H11N3O2S3/c12-11(17)8-1-3-10(4-2-8)19(15,16)14-5-9-6-18-7-13-9/h1-4,6-7,14H,5H2,(H2,12,17). The van der Waals surface area contributed by atoms with Gasteiger partial charge in [-0.3, -0.25) is 0 Å². The summed E-state index contributed by atoms with van der Waals surface area (Å²) in [4.78, 5) is 4.41. The summed E-state index contributed by atoms with van der Waals surface area (Å²) in [6, 6.07) is 6.11. The maximum atomic E-state index is 12.0. The number of thiocarbonyl (C=S) groups is 1. The minimum atomic E-state index is -3.55. The number of hydrogen-bond acceptors (Lipinski definition) is 5. The first-order chi connectivity index (χ1) is 8.99. The third kappa shape index (κ3) is 3.57. The fourth-order valence-corrected chi connectivity index (χ4v) is 3.07. The van der Waals surface area contributed by atoms with Gasteiger partial charge in [0.2, 0.25) is 10.0 Å². The average Bonchev–Trinajstić information content (AvgIpc) is 2.90. The zero-order valence-corrected chi connectivity index (χ0v) is 12.2. The number of nitrogens with two attached hydrogens (primary N) is 1. The number of nitrogens with zero attached hydrogens (tertiary/aromatic N) is 1. The summed E-state index contributed by atoms with van der Waals surface area (Å²) < 4.78 is 26.5. The molecule has 5 nitrogen and oxygen atoms in total. The molecule has 19 heavy (non-hydrogen) atoms. The van der Waals surface area contributed by atoms with Crippen LogP contribution in [0.2, 0.25) is 0 Å². The molecule has 0 radical (unpaired) electrons. The number of nitrogens with one attached hydrogen (secondary N) is 1. The van der Waals surface area contributed by atoms with Crippen molar-refractivity contribution in [2.24, 2.45) is 5.73 Å². The Morgan fingerprint density at radius 1 is 1.37 bits per heavy atom. The number of hydrogen-bond donors (Lipinski definition) is 2. The van der Waals surface area contributed by atoms with Gasteiger partial charge in [-0.15, -0.1) is 11.3 Å². The van der Waals surface area contributed by atoms with Gasteiger partial charge in [0.25, 0.3) is 0 Å². The molecule has 8 heteroatoms. The summed E-state index contributed by atoms with van der Waals surface area (Å²) in [7, 11) is -3.55. The molecular weight excluding hydrogens is 302 g/mol. The summed E-state index contributed by atoms with van der Waals surface area (Å²) in [6.45, 7) is 0.170. The van der Waals surface area contributed by atoms with Gasteiger partial charge in [0.15, 0.2) is 0 Å². The highest BCUT2D eigenvalue weighted by molar-refractivity contribution is 7.89. The quantitative estimate of drug-likeness (QED) is 0.812. The Hall–Kier alpha value is -1.35. The molecule has 0 atom stereocenters. The first-order valence-electron chi connectivity index (χ1n) is 5.25. The van der Waals surface area contributed by atoms with E-state index in [-0.39, 0.29) is 16.4 Å². The normalized spacial score (nSPS) is 11.4. The van der Waals surface area contributed by atoms with E-state index >= 15 is 0 Å². The van der Waals surface area contributed by atoms with Crippen LogP contribution in [0.3, 0.4) is 0 Å². The van der Waals surface area contributed by atoms with E-state index in [2.05, 4.69) is 9.71 Å². The molecule has 0 aliphatic rings. The van der Waals surface area contributed by atoms with Gasteiger partial charge >= 0.3 is 0 Å². The second kappa shape index (κ2) is 5.74. The Balaban J connectivity index is 2.13. The van der Waals surface area contributed by atoms with Crippen LogP contribution >= 0.6 is 23.6 Å². The van der Waals surface area contributed by atoms with E-state index in [1.54, 1.807) is 23.0 Å². The van der Waals surface area contributed by atoms with Gasteiger partial charge in [0, 0.05) is 10.9 Å². The van der Waals surface area contributed by atoms with Gasteiger partial charge in [0.05, 0.1) is 22.6 Å². The van der Waals surface area contributed by atoms with Crippen molar-refractivity contribution in [3.05, 3.63) is 46.4 Å². The Bertz CT molecular complexity index is 664. The molecule has 0 bridgehead atoms. The molecule has 1 aromatic carbocycles. The van der Waals surface area contributed by atoms with Crippen LogP contribution in [-0.4, -0.2) is 18.4 Å². The lowest BCUT2D eigenvalue weighted by Gasteiger charge is -2.06. The topological polar surface area (TPSA) is 85.1 Å². The molecule has 0 amide bonds. The molecule has 0 aliphatic heterocycles. The van der Waals surface area contributed by atoms with Crippen LogP contribution in [0.1, 0.15) is 11.3 Å². The van der Waals surface area contributed by atoms with Gasteiger partial charge in [-0.25, -0.2) is 18.1 Å². The average molecular weight is 313 g/mol. The molecule has 0 aliphatic carbocycles. The van der Waals surface area contributed by atoms with Gasteiger partial charge in [0.1, 0.15) is 4.99 Å². The molecule has 3 N–H and O–H groups in total. The third-order valence-electron chi connectivity index (χ3n) is 2.38. The molecule has 100 valence electrons. The molecular formula is C11H11N3O2S3. The SMILES string of the molecule is NC(=S)c1ccc(S(=O)(=O)NCc2cscn2)cc1. The van der Waals surface area contributed by atoms with Crippen LogP contribution in [-0.2, 0) is 16.6 Å². The van der Waals surface area contributed by atoms with Crippen LogP contribution in [0.5, 0.6) is 0 Å². The summed E-state index contributed by atoms with van der Waals surface area (Å²) in [5.41, 5.74) is 8.43. The fraction of sp³-hybridized carbons (Fsp3) is 0.0909. The first kappa shape index (κ1) is 14.1. The van der Waals surface area contributed by atoms with Crippen molar-refractivity contribution in [3.8, 4) is 0 Å². The Morgan fingerprint density at radius 2 is 2.05 bits per heavy atom.